The van der Waals surface area contributed by atoms with Gasteiger partial charge in [-0.25, -0.2) is 4.39 Å². The summed E-state index contributed by atoms with van der Waals surface area (Å²) in [4.78, 5) is 0. The van der Waals surface area contributed by atoms with Gasteiger partial charge in [-0.15, -0.1) is 0 Å². The normalized spacial score (nSPS) is 12.4. The summed E-state index contributed by atoms with van der Waals surface area (Å²) in [6.07, 6.45) is 1.82. The third kappa shape index (κ3) is 4.14. The maximum absolute atomic E-state index is 14.3. The second-order valence-corrected chi connectivity index (χ2v) is 6.07. The van der Waals surface area contributed by atoms with Gasteiger partial charge in [0.1, 0.15) is 5.82 Å². The van der Waals surface area contributed by atoms with Gasteiger partial charge < -0.3 is 5.32 Å². The summed E-state index contributed by atoms with van der Waals surface area (Å²) in [7, 11) is 0. The lowest BCUT2D eigenvalue weighted by molar-refractivity contribution is 0.483. The van der Waals surface area contributed by atoms with Gasteiger partial charge in [-0.2, -0.15) is 0 Å². The second-order valence-electron chi connectivity index (χ2n) is 5.22. The summed E-state index contributed by atoms with van der Waals surface area (Å²) in [5.41, 5.74) is 3.36. The van der Waals surface area contributed by atoms with Crippen LogP contribution in [0.5, 0.6) is 0 Å². The first-order valence-corrected chi connectivity index (χ1v) is 8.14. The SMILES string of the molecule is CCNC(CCc1ccccc1C)c1cccc(Br)c1F. The van der Waals surface area contributed by atoms with E-state index in [0.717, 1.165) is 24.9 Å². The van der Waals surface area contributed by atoms with Crippen molar-refractivity contribution in [3.8, 4) is 0 Å². The number of hydrogen-bond donors (Lipinski definition) is 1. The molecule has 0 aliphatic heterocycles. The summed E-state index contributed by atoms with van der Waals surface area (Å²) in [5, 5.41) is 3.40. The number of hydrogen-bond acceptors (Lipinski definition) is 1. The first-order chi connectivity index (χ1) is 10.1. The molecule has 0 bridgehead atoms. The van der Waals surface area contributed by atoms with Crippen molar-refractivity contribution < 1.29 is 4.39 Å². The molecule has 0 aliphatic carbocycles. The smallest absolute Gasteiger partial charge is 0.142 e. The van der Waals surface area contributed by atoms with Gasteiger partial charge in [-0.05, 0) is 59.4 Å². The zero-order chi connectivity index (χ0) is 15.2. The maximum Gasteiger partial charge on any atom is 0.142 e. The van der Waals surface area contributed by atoms with E-state index in [4.69, 9.17) is 0 Å². The molecule has 1 nitrogen and oxygen atoms in total. The van der Waals surface area contributed by atoms with Crippen LogP contribution in [-0.4, -0.2) is 6.54 Å². The average molecular weight is 350 g/mol. The molecule has 0 spiro atoms. The Hall–Kier alpha value is -1.19. The minimum Gasteiger partial charge on any atom is -0.310 e. The predicted molar refractivity (Wildman–Crippen MR) is 90.0 cm³/mol. The van der Waals surface area contributed by atoms with E-state index >= 15 is 0 Å². The van der Waals surface area contributed by atoms with Crippen molar-refractivity contribution in [1.82, 2.24) is 5.32 Å². The molecule has 0 heterocycles. The number of benzene rings is 2. The fourth-order valence-corrected chi connectivity index (χ4v) is 2.98. The molecule has 0 saturated carbocycles. The molecule has 1 N–H and O–H groups in total. The van der Waals surface area contributed by atoms with Crippen molar-refractivity contribution in [1.29, 1.82) is 0 Å². The van der Waals surface area contributed by atoms with Gasteiger partial charge >= 0.3 is 0 Å². The van der Waals surface area contributed by atoms with Gasteiger partial charge in [0.2, 0.25) is 0 Å². The van der Waals surface area contributed by atoms with Crippen LogP contribution in [0.1, 0.15) is 36.1 Å². The third-order valence-corrected chi connectivity index (χ3v) is 4.38. The monoisotopic (exact) mass is 349 g/mol. The van der Waals surface area contributed by atoms with Gasteiger partial charge in [0.05, 0.1) is 4.47 Å². The quantitative estimate of drug-likeness (QED) is 0.757. The van der Waals surface area contributed by atoms with Crippen LogP contribution in [0.2, 0.25) is 0 Å². The fraction of sp³-hybridized carbons (Fsp3) is 0.333. The Bertz CT molecular complexity index is 598. The Balaban J connectivity index is 2.16. The van der Waals surface area contributed by atoms with Gasteiger partial charge in [0, 0.05) is 11.6 Å². The first-order valence-electron chi connectivity index (χ1n) is 7.35. The molecule has 0 fully saturated rings. The van der Waals surface area contributed by atoms with Gasteiger partial charge in [0.15, 0.2) is 0 Å². The Morgan fingerprint density at radius 1 is 1.14 bits per heavy atom. The summed E-state index contributed by atoms with van der Waals surface area (Å²) in [6.45, 7) is 5.00. The molecule has 2 rings (SSSR count). The molecule has 0 amide bonds. The average Bonchev–Trinajstić information content (AvgIpc) is 2.48. The maximum atomic E-state index is 14.3. The Morgan fingerprint density at radius 3 is 2.62 bits per heavy atom. The molecule has 1 unspecified atom stereocenters. The first kappa shape index (κ1) is 16.2. The van der Waals surface area contributed by atoms with Gasteiger partial charge in [-0.1, -0.05) is 43.3 Å². The third-order valence-electron chi connectivity index (χ3n) is 3.77. The van der Waals surface area contributed by atoms with Crippen molar-refractivity contribution in [3.05, 3.63) is 69.4 Å². The number of nitrogens with one attached hydrogen (secondary N) is 1. The summed E-state index contributed by atoms with van der Waals surface area (Å²) in [5.74, 6) is -0.159. The molecule has 3 heteroatoms. The van der Waals surface area contributed by atoms with Crippen molar-refractivity contribution >= 4 is 15.9 Å². The zero-order valence-corrected chi connectivity index (χ0v) is 14.1. The van der Waals surface area contributed by atoms with E-state index in [0.29, 0.717) is 4.47 Å². The number of aryl methyl sites for hydroxylation is 2. The highest BCUT2D eigenvalue weighted by Gasteiger charge is 2.16. The molecule has 2 aromatic carbocycles. The standard InChI is InChI=1S/C18H21BrFN/c1-3-21-17(15-9-6-10-16(19)18(15)20)12-11-14-8-5-4-7-13(14)2/h4-10,17,21H,3,11-12H2,1-2H3. The molecule has 21 heavy (non-hydrogen) atoms. The van der Waals surface area contributed by atoms with Crippen LogP contribution < -0.4 is 5.32 Å². The molecule has 0 radical (unpaired) electrons. The molecule has 2 aromatic rings. The van der Waals surface area contributed by atoms with E-state index in [2.05, 4.69) is 59.4 Å². The molecular weight excluding hydrogens is 329 g/mol. The van der Waals surface area contributed by atoms with Crippen LogP contribution in [-0.2, 0) is 6.42 Å². The highest BCUT2D eigenvalue weighted by molar-refractivity contribution is 9.10. The van der Waals surface area contributed by atoms with E-state index in [-0.39, 0.29) is 11.9 Å². The van der Waals surface area contributed by atoms with Crippen molar-refractivity contribution in [2.75, 3.05) is 6.54 Å². The van der Waals surface area contributed by atoms with Crippen LogP contribution >= 0.6 is 15.9 Å². The lowest BCUT2D eigenvalue weighted by atomic mass is 9.96. The number of halogens is 2. The van der Waals surface area contributed by atoms with Crippen molar-refractivity contribution in [2.24, 2.45) is 0 Å². The van der Waals surface area contributed by atoms with Crippen molar-refractivity contribution in [2.45, 2.75) is 32.7 Å². The van der Waals surface area contributed by atoms with E-state index in [1.807, 2.05) is 12.1 Å². The van der Waals surface area contributed by atoms with Crippen LogP contribution in [0.4, 0.5) is 4.39 Å². The van der Waals surface area contributed by atoms with Crippen molar-refractivity contribution in [3.63, 3.8) is 0 Å². The summed E-state index contributed by atoms with van der Waals surface area (Å²) >= 11 is 3.27. The van der Waals surface area contributed by atoms with Crippen LogP contribution in [0.3, 0.4) is 0 Å². The predicted octanol–water partition coefficient (Wildman–Crippen LogP) is 5.18. The van der Waals surface area contributed by atoms with Crippen LogP contribution in [0.25, 0.3) is 0 Å². The molecule has 112 valence electrons. The molecule has 1 atom stereocenters. The molecular formula is C18H21BrFN. The Labute approximate surface area is 134 Å². The lowest BCUT2D eigenvalue weighted by Gasteiger charge is -2.20. The highest BCUT2D eigenvalue weighted by Crippen LogP contribution is 2.27. The van der Waals surface area contributed by atoms with E-state index in [9.17, 15) is 4.39 Å². The van der Waals surface area contributed by atoms with E-state index in [1.54, 1.807) is 6.07 Å². The highest BCUT2D eigenvalue weighted by atomic mass is 79.9. The van der Waals surface area contributed by atoms with E-state index < -0.39 is 0 Å². The number of rotatable bonds is 6. The fourth-order valence-electron chi connectivity index (χ4n) is 2.59. The zero-order valence-electron chi connectivity index (χ0n) is 12.5. The van der Waals surface area contributed by atoms with Crippen LogP contribution in [0.15, 0.2) is 46.9 Å². The minimum atomic E-state index is -0.159. The summed E-state index contributed by atoms with van der Waals surface area (Å²) in [6, 6.07) is 13.9. The molecule has 0 aromatic heterocycles. The summed E-state index contributed by atoms with van der Waals surface area (Å²) < 4.78 is 14.8. The van der Waals surface area contributed by atoms with Gasteiger partial charge in [0.25, 0.3) is 0 Å². The Kier molecular flexibility index (Phi) is 5.95. The minimum absolute atomic E-state index is 0.0344. The van der Waals surface area contributed by atoms with E-state index in [1.165, 1.54) is 11.1 Å². The molecule has 0 aliphatic rings. The molecule has 0 saturated heterocycles. The lowest BCUT2D eigenvalue weighted by Crippen LogP contribution is -2.22. The largest absolute Gasteiger partial charge is 0.310 e. The van der Waals surface area contributed by atoms with Crippen LogP contribution in [0, 0.1) is 12.7 Å². The topological polar surface area (TPSA) is 12.0 Å². The Morgan fingerprint density at radius 2 is 1.90 bits per heavy atom. The van der Waals surface area contributed by atoms with Gasteiger partial charge in [-0.3, -0.25) is 0 Å². The second kappa shape index (κ2) is 7.71.